The highest BCUT2D eigenvalue weighted by molar-refractivity contribution is 5.96. The Kier molecular flexibility index (Phi) is 2.05. The van der Waals surface area contributed by atoms with Gasteiger partial charge in [0.25, 0.3) is 0 Å². The Morgan fingerprint density at radius 1 is 1.11 bits per heavy atom. The first-order valence-corrected chi connectivity index (χ1v) is 6.53. The summed E-state index contributed by atoms with van der Waals surface area (Å²) >= 11 is 0. The van der Waals surface area contributed by atoms with Crippen molar-refractivity contribution in [3.8, 4) is 17.0 Å². The third-order valence-electron chi connectivity index (χ3n) is 4.15. The molecule has 0 unspecified atom stereocenters. The van der Waals surface area contributed by atoms with Crippen LogP contribution in [0.1, 0.15) is 11.1 Å². The van der Waals surface area contributed by atoms with Crippen molar-refractivity contribution in [3.63, 3.8) is 0 Å². The maximum Gasteiger partial charge on any atom is 0.119 e. The standard InChI is InChI=1S/C17H15NO/c1-18-16-8-7-12(19-2)10-14(16)15-9-11-5-3-4-6-13(11)17(15)18/h3-8,10H,9H2,1-2H3. The summed E-state index contributed by atoms with van der Waals surface area (Å²) in [7, 11) is 3.87. The van der Waals surface area contributed by atoms with E-state index >= 15 is 0 Å². The maximum absolute atomic E-state index is 5.36. The zero-order chi connectivity index (χ0) is 13.0. The second kappa shape index (κ2) is 3.64. The second-order valence-electron chi connectivity index (χ2n) is 5.10. The molecular formula is C17H15NO. The van der Waals surface area contributed by atoms with Gasteiger partial charge < -0.3 is 9.30 Å². The summed E-state index contributed by atoms with van der Waals surface area (Å²) in [5, 5.41) is 1.31. The average molecular weight is 249 g/mol. The fourth-order valence-corrected chi connectivity index (χ4v) is 3.24. The number of hydrogen-bond donors (Lipinski definition) is 0. The highest BCUT2D eigenvalue weighted by Crippen LogP contribution is 2.42. The summed E-state index contributed by atoms with van der Waals surface area (Å²) in [5.74, 6) is 0.928. The minimum absolute atomic E-state index is 0.928. The molecule has 2 aromatic carbocycles. The molecule has 1 heterocycles. The van der Waals surface area contributed by atoms with Crippen molar-refractivity contribution in [2.45, 2.75) is 6.42 Å². The molecule has 1 aromatic heterocycles. The van der Waals surface area contributed by atoms with Gasteiger partial charge in [0.2, 0.25) is 0 Å². The van der Waals surface area contributed by atoms with E-state index in [0.717, 1.165) is 12.2 Å². The topological polar surface area (TPSA) is 14.2 Å². The largest absolute Gasteiger partial charge is 0.497 e. The van der Waals surface area contributed by atoms with Crippen LogP contribution in [-0.4, -0.2) is 11.7 Å². The van der Waals surface area contributed by atoms with E-state index in [2.05, 4.69) is 48.0 Å². The first-order chi connectivity index (χ1) is 9.29. The lowest BCUT2D eigenvalue weighted by Gasteiger charge is -2.05. The first-order valence-electron chi connectivity index (χ1n) is 6.53. The Bertz CT molecular complexity index is 798. The van der Waals surface area contributed by atoms with Gasteiger partial charge in [0, 0.05) is 29.9 Å². The van der Waals surface area contributed by atoms with Crippen molar-refractivity contribution in [1.29, 1.82) is 0 Å². The van der Waals surface area contributed by atoms with E-state index in [1.807, 2.05) is 6.07 Å². The quantitative estimate of drug-likeness (QED) is 0.501. The lowest BCUT2D eigenvalue weighted by Crippen LogP contribution is -1.91. The summed E-state index contributed by atoms with van der Waals surface area (Å²) < 4.78 is 7.66. The maximum atomic E-state index is 5.36. The van der Waals surface area contributed by atoms with E-state index in [1.165, 1.54) is 33.3 Å². The normalized spacial score (nSPS) is 12.5. The Balaban J connectivity index is 2.09. The van der Waals surface area contributed by atoms with Crippen LogP contribution in [0.25, 0.3) is 22.2 Å². The number of fused-ring (bicyclic) bond motifs is 5. The minimum Gasteiger partial charge on any atom is -0.497 e. The molecule has 0 spiro atoms. The molecule has 0 radical (unpaired) electrons. The van der Waals surface area contributed by atoms with Gasteiger partial charge in [0.1, 0.15) is 5.75 Å². The van der Waals surface area contributed by atoms with Crippen LogP contribution in [0, 0.1) is 0 Å². The first kappa shape index (κ1) is 10.7. The minimum atomic E-state index is 0.928. The average Bonchev–Trinajstić information content (AvgIpc) is 2.96. The number of nitrogens with zero attached hydrogens (tertiary/aromatic N) is 1. The van der Waals surface area contributed by atoms with Crippen LogP contribution >= 0.6 is 0 Å². The van der Waals surface area contributed by atoms with Gasteiger partial charge in [-0.25, -0.2) is 0 Å². The van der Waals surface area contributed by atoms with Crippen molar-refractivity contribution in [3.05, 3.63) is 53.6 Å². The van der Waals surface area contributed by atoms with Crippen molar-refractivity contribution in [2.75, 3.05) is 7.11 Å². The van der Waals surface area contributed by atoms with Gasteiger partial charge in [-0.3, -0.25) is 0 Å². The number of ether oxygens (including phenoxy) is 1. The smallest absolute Gasteiger partial charge is 0.119 e. The van der Waals surface area contributed by atoms with Gasteiger partial charge in [0.05, 0.1) is 12.8 Å². The van der Waals surface area contributed by atoms with Gasteiger partial charge in [-0.2, -0.15) is 0 Å². The summed E-state index contributed by atoms with van der Waals surface area (Å²) in [6.45, 7) is 0. The molecule has 0 fully saturated rings. The van der Waals surface area contributed by atoms with E-state index in [1.54, 1.807) is 7.11 Å². The number of rotatable bonds is 1. The summed E-state index contributed by atoms with van der Waals surface area (Å²) in [4.78, 5) is 0. The molecule has 0 aliphatic heterocycles. The fourth-order valence-electron chi connectivity index (χ4n) is 3.24. The number of benzene rings is 2. The van der Waals surface area contributed by atoms with Gasteiger partial charge in [-0.15, -0.1) is 0 Å². The van der Waals surface area contributed by atoms with E-state index in [4.69, 9.17) is 4.74 Å². The third kappa shape index (κ3) is 1.31. The fraction of sp³-hybridized carbons (Fsp3) is 0.176. The third-order valence-corrected chi connectivity index (χ3v) is 4.15. The van der Waals surface area contributed by atoms with Crippen LogP contribution in [0.15, 0.2) is 42.5 Å². The Morgan fingerprint density at radius 3 is 2.79 bits per heavy atom. The van der Waals surface area contributed by atoms with Crippen molar-refractivity contribution in [1.82, 2.24) is 4.57 Å². The second-order valence-corrected chi connectivity index (χ2v) is 5.10. The van der Waals surface area contributed by atoms with E-state index in [-0.39, 0.29) is 0 Å². The van der Waals surface area contributed by atoms with Crippen LogP contribution < -0.4 is 4.74 Å². The monoisotopic (exact) mass is 249 g/mol. The molecule has 0 N–H and O–H groups in total. The molecule has 1 aliphatic carbocycles. The highest BCUT2D eigenvalue weighted by Gasteiger charge is 2.24. The van der Waals surface area contributed by atoms with Crippen LogP contribution in [0.4, 0.5) is 0 Å². The molecule has 0 saturated heterocycles. The van der Waals surface area contributed by atoms with Crippen LogP contribution in [0.3, 0.4) is 0 Å². The van der Waals surface area contributed by atoms with E-state index in [9.17, 15) is 0 Å². The van der Waals surface area contributed by atoms with Gasteiger partial charge in [-0.1, -0.05) is 24.3 Å². The van der Waals surface area contributed by atoms with Crippen LogP contribution in [0.5, 0.6) is 5.75 Å². The van der Waals surface area contributed by atoms with E-state index in [0.29, 0.717) is 0 Å². The number of aryl methyl sites for hydroxylation is 1. The molecule has 3 aromatic rings. The molecule has 0 atom stereocenters. The molecule has 0 amide bonds. The van der Waals surface area contributed by atoms with Crippen molar-refractivity contribution in [2.24, 2.45) is 7.05 Å². The van der Waals surface area contributed by atoms with Crippen molar-refractivity contribution < 1.29 is 4.74 Å². The predicted octanol–water partition coefficient (Wildman–Crippen LogP) is 3.76. The Morgan fingerprint density at radius 2 is 1.95 bits per heavy atom. The molecule has 19 heavy (non-hydrogen) atoms. The van der Waals surface area contributed by atoms with Crippen LogP contribution in [-0.2, 0) is 13.5 Å². The molecule has 2 heteroatoms. The molecule has 1 aliphatic rings. The summed E-state index contributed by atoms with van der Waals surface area (Å²) in [5.41, 5.74) is 6.86. The number of methoxy groups -OCH3 is 1. The summed E-state index contributed by atoms with van der Waals surface area (Å²) in [6, 6.07) is 15.0. The summed E-state index contributed by atoms with van der Waals surface area (Å²) in [6.07, 6.45) is 1.02. The zero-order valence-electron chi connectivity index (χ0n) is 11.1. The molecular weight excluding hydrogens is 234 g/mol. The van der Waals surface area contributed by atoms with Gasteiger partial charge >= 0.3 is 0 Å². The molecule has 0 saturated carbocycles. The lowest BCUT2D eigenvalue weighted by molar-refractivity contribution is 0.415. The van der Waals surface area contributed by atoms with Crippen molar-refractivity contribution >= 4 is 10.9 Å². The Hall–Kier alpha value is -2.22. The SMILES string of the molecule is COc1ccc2c(c1)c1c(n2C)-c2ccccc2C1. The van der Waals surface area contributed by atoms with Gasteiger partial charge in [-0.05, 0) is 29.3 Å². The zero-order valence-corrected chi connectivity index (χ0v) is 11.1. The molecule has 2 nitrogen and oxygen atoms in total. The number of hydrogen-bond acceptors (Lipinski definition) is 1. The molecule has 94 valence electrons. The highest BCUT2D eigenvalue weighted by atomic mass is 16.5. The Labute approximate surface area is 112 Å². The lowest BCUT2D eigenvalue weighted by atomic mass is 10.1. The van der Waals surface area contributed by atoms with Crippen LogP contribution in [0.2, 0.25) is 0 Å². The number of aromatic nitrogens is 1. The molecule has 4 rings (SSSR count). The van der Waals surface area contributed by atoms with Gasteiger partial charge in [0.15, 0.2) is 0 Å². The van der Waals surface area contributed by atoms with E-state index < -0.39 is 0 Å². The molecule has 0 bridgehead atoms. The predicted molar refractivity (Wildman–Crippen MR) is 77.7 cm³/mol.